The predicted molar refractivity (Wildman–Crippen MR) is 100 cm³/mol. The molecule has 2 amide bonds. The van der Waals surface area contributed by atoms with E-state index in [9.17, 15) is 19.5 Å². The molecule has 7 heteroatoms. The van der Waals surface area contributed by atoms with Crippen molar-refractivity contribution in [2.75, 3.05) is 6.54 Å². The Morgan fingerprint density at radius 1 is 1.19 bits per heavy atom. The van der Waals surface area contributed by atoms with Crippen molar-refractivity contribution in [3.05, 3.63) is 42.1 Å². The molecule has 2 N–H and O–H groups in total. The quantitative estimate of drug-likeness (QED) is 0.859. The smallest absolute Gasteiger partial charge is 0.326 e. The van der Waals surface area contributed by atoms with Crippen LogP contribution >= 0.6 is 0 Å². The van der Waals surface area contributed by atoms with Crippen LogP contribution in [-0.2, 0) is 9.59 Å². The molecule has 1 aromatic heterocycles. The van der Waals surface area contributed by atoms with E-state index in [1.807, 2.05) is 45.0 Å². The number of fused-ring (bicyclic) bond motifs is 1. The second-order valence-corrected chi connectivity index (χ2v) is 7.84. The topological polar surface area (TPSA) is 99.6 Å². The zero-order valence-electron chi connectivity index (χ0n) is 15.6. The third kappa shape index (κ3) is 3.77. The molecule has 1 fully saturated rings. The number of rotatable bonds is 4. The predicted octanol–water partition coefficient (Wildman–Crippen LogP) is 2.06. The van der Waals surface area contributed by atoms with Gasteiger partial charge in [0.1, 0.15) is 17.8 Å². The number of para-hydroxylation sites is 1. The van der Waals surface area contributed by atoms with Crippen molar-refractivity contribution in [2.24, 2.45) is 5.41 Å². The first-order chi connectivity index (χ1) is 12.7. The highest BCUT2D eigenvalue weighted by atomic mass is 16.4. The molecule has 0 radical (unpaired) electrons. The first kappa shape index (κ1) is 18.8. The minimum Gasteiger partial charge on any atom is -0.480 e. The summed E-state index contributed by atoms with van der Waals surface area (Å²) in [5, 5.41) is 12.9. The van der Waals surface area contributed by atoms with Gasteiger partial charge >= 0.3 is 5.97 Å². The average molecular weight is 369 g/mol. The Bertz CT molecular complexity index is 903. The number of carboxylic acids is 1. The van der Waals surface area contributed by atoms with Crippen LogP contribution in [0.3, 0.4) is 0 Å². The van der Waals surface area contributed by atoms with E-state index in [4.69, 9.17) is 0 Å². The number of carbonyl (C=O) groups is 3. The van der Waals surface area contributed by atoms with Crippen molar-refractivity contribution in [2.45, 2.75) is 39.3 Å². The standard InChI is InChI=1S/C20H23N3O4/c1-20(2,3)16(18(25)23-11-10-15(23)19(26)27)22-17(24)14-9-8-12-6-4-5-7-13(12)21-14/h4-9,15-16H,10-11H2,1-3H3,(H,22,24)(H,26,27)/t15-,16?/m1/s1. The average Bonchev–Trinajstić information content (AvgIpc) is 2.56. The van der Waals surface area contributed by atoms with E-state index in [0.29, 0.717) is 18.5 Å². The molecule has 1 aliphatic heterocycles. The molecule has 2 aromatic rings. The van der Waals surface area contributed by atoms with Crippen LogP contribution in [0.15, 0.2) is 36.4 Å². The summed E-state index contributed by atoms with van der Waals surface area (Å²) in [4.78, 5) is 42.5. The summed E-state index contributed by atoms with van der Waals surface area (Å²) in [6, 6.07) is 9.21. The lowest BCUT2D eigenvalue weighted by Gasteiger charge is -2.42. The van der Waals surface area contributed by atoms with Crippen LogP contribution in [0.1, 0.15) is 37.7 Å². The second-order valence-electron chi connectivity index (χ2n) is 7.84. The molecule has 1 aromatic carbocycles. The van der Waals surface area contributed by atoms with Crippen LogP contribution in [0.4, 0.5) is 0 Å². The van der Waals surface area contributed by atoms with Gasteiger partial charge in [-0.25, -0.2) is 9.78 Å². The summed E-state index contributed by atoms with van der Waals surface area (Å²) in [5.74, 6) is -1.86. The first-order valence-corrected chi connectivity index (χ1v) is 8.88. The van der Waals surface area contributed by atoms with E-state index in [1.54, 1.807) is 12.1 Å². The van der Waals surface area contributed by atoms with E-state index >= 15 is 0 Å². The lowest BCUT2D eigenvalue weighted by atomic mass is 9.84. The maximum absolute atomic E-state index is 12.9. The van der Waals surface area contributed by atoms with Gasteiger partial charge in [0.2, 0.25) is 5.91 Å². The SMILES string of the molecule is CC(C)(C)C(NC(=O)c1ccc2ccccc2n1)C(=O)N1CC[C@@H]1C(=O)O. The number of likely N-dealkylation sites (tertiary alicyclic amines) is 1. The highest BCUT2D eigenvalue weighted by Crippen LogP contribution is 2.26. The van der Waals surface area contributed by atoms with Gasteiger partial charge in [-0.05, 0) is 24.0 Å². The van der Waals surface area contributed by atoms with Crippen LogP contribution in [0.2, 0.25) is 0 Å². The molecule has 0 saturated carbocycles. The Morgan fingerprint density at radius 3 is 2.48 bits per heavy atom. The maximum atomic E-state index is 12.9. The van der Waals surface area contributed by atoms with Gasteiger partial charge in [0.25, 0.3) is 5.91 Å². The largest absolute Gasteiger partial charge is 0.480 e. The van der Waals surface area contributed by atoms with Crippen LogP contribution in [0.5, 0.6) is 0 Å². The van der Waals surface area contributed by atoms with E-state index in [-0.39, 0.29) is 11.6 Å². The highest BCUT2D eigenvalue weighted by Gasteiger charge is 2.44. The highest BCUT2D eigenvalue weighted by molar-refractivity contribution is 5.98. The summed E-state index contributed by atoms with van der Waals surface area (Å²) in [6.45, 7) is 5.88. The number of carboxylic acid groups (broad SMARTS) is 1. The molecule has 1 saturated heterocycles. The van der Waals surface area contributed by atoms with E-state index in [0.717, 1.165) is 5.39 Å². The molecule has 2 heterocycles. The van der Waals surface area contributed by atoms with E-state index in [2.05, 4.69) is 10.3 Å². The third-order valence-corrected chi connectivity index (χ3v) is 4.81. The van der Waals surface area contributed by atoms with Crippen molar-refractivity contribution < 1.29 is 19.5 Å². The number of nitrogens with one attached hydrogen (secondary N) is 1. The molecule has 3 rings (SSSR count). The zero-order chi connectivity index (χ0) is 19.8. The number of pyridine rings is 1. The number of hydrogen-bond acceptors (Lipinski definition) is 4. The summed E-state index contributed by atoms with van der Waals surface area (Å²) in [7, 11) is 0. The number of benzene rings is 1. The third-order valence-electron chi connectivity index (χ3n) is 4.81. The minimum absolute atomic E-state index is 0.217. The molecule has 2 atom stereocenters. The van der Waals surface area contributed by atoms with Crippen molar-refractivity contribution in [1.82, 2.24) is 15.2 Å². The Hall–Kier alpha value is -2.96. The zero-order valence-corrected chi connectivity index (χ0v) is 15.6. The number of aliphatic carboxylic acids is 1. The molecule has 1 aliphatic rings. The lowest BCUT2D eigenvalue weighted by Crippen LogP contribution is -2.63. The monoisotopic (exact) mass is 369 g/mol. The van der Waals surface area contributed by atoms with Gasteiger partial charge in [-0.1, -0.05) is 45.0 Å². The molecule has 0 aliphatic carbocycles. The van der Waals surface area contributed by atoms with Crippen molar-refractivity contribution in [3.8, 4) is 0 Å². The van der Waals surface area contributed by atoms with Crippen LogP contribution in [-0.4, -0.2) is 51.4 Å². The summed E-state index contributed by atoms with van der Waals surface area (Å²) < 4.78 is 0. The van der Waals surface area contributed by atoms with Crippen molar-refractivity contribution in [1.29, 1.82) is 0 Å². The molecule has 142 valence electrons. The van der Waals surface area contributed by atoms with Gasteiger partial charge in [-0.15, -0.1) is 0 Å². The van der Waals surface area contributed by atoms with E-state index in [1.165, 1.54) is 4.90 Å². The number of aromatic nitrogens is 1. The van der Waals surface area contributed by atoms with Gasteiger partial charge in [0.05, 0.1) is 5.52 Å². The molecule has 0 spiro atoms. The first-order valence-electron chi connectivity index (χ1n) is 8.88. The Labute approximate surface area is 157 Å². The van der Waals surface area contributed by atoms with Crippen molar-refractivity contribution >= 4 is 28.7 Å². The Kier molecular flexibility index (Phi) is 4.87. The van der Waals surface area contributed by atoms with Crippen LogP contribution < -0.4 is 5.32 Å². The summed E-state index contributed by atoms with van der Waals surface area (Å²) in [5.41, 5.74) is 0.328. The fraction of sp³-hybridized carbons (Fsp3) is 0.400. The number of hydrogen-bond donors (Lipinski definition) is 2. The minimum atomic E-state index is -1.02. The van der Waals surface area contributed by atoms with Gasteiger partial charge < -0.3 is 15.3 Å². The fourth-order valence-electron chi connectivity index (χ4n) is 3.12. The van der Waals surface area contributed by atoms with Gasteiger partial charge in [0, 0.05) is 11.9 Å². The number of carbonyl (C=O) groups excluding carboxylic acids is 2. The Balaban J connectivity index is 1.82. The molecular formula is C20H23N3O4. The normalized spacial score (nSPS) is 17.9. The second kappa shape index (κ2) is 6.98. The van der Waals surface area contributed by atoms with Gasteiger partial charge in [0.15, 0.2) is 0 Å². The summed E-state index contributed by atoms with van der Waals surface area (Å²) >= 11 is 0. The summed E-state index contributed by atoms with van der Waals surface area (Å²) in [6.07, 6.45) is 0.429. The van der Waals surface area contributed by atoms with Crippen molar-refractivity contribution in [3.63, 3.8) is 0 Å². The maximum Gasteiger partial charge on any atom is 0.326 e. The Morgan fingerprint density at radius 2 is 1.89 bits per heavy atom. The molecule has 27 heavy (non-hydrogen) atoms. The van der Waals surface area contributed by atoms with Gasteiger partial charge in [-0.2, -0.15) is 0 Å². The fourth-order valence-corrected chi connectivity index (χ4v) is 3.12. The molecule has 0 bridgehead atoms. The van der Waals surface area contributed by atoms with Crippen LogP contribution in [0.25, 0.3) is 10.9 Å². The lowest BCUT2D eigenvalue weighted by molar-refractivity contribution is -0.159. The number of nitrogens with zero attached hydrogens (tertiary/aromatic N) is 2. The number of amides is 2. The van der Waals surface area contributed by atoms with E-state index < -0.39 is 29.4 Å². The molecular weight excluding hydrogens is 346 g/mol. The molecule has 1 unspecified atom stereocenters. The van der Waals surface area contributed by atoms with Crippen LogP contribution in [0, 0.1) is 5.41 Å². The van der Waals surface area contributed by atoms with Gasteiger partial charge in [-0.3, -0.25) is 9.59 Å². The molecule has 7 nitrogen and oxygen atoms in total.